The van der Waals surface area contributed by atoms with Crippen LogP contribution in [-0.4, -0.2) is 36.4 Å². The number of para-hydroxylation sites is 1. The molecule has 0 radical (unpaired) electrons. The quantitative estimate of drug-likeness (QED) is 0.552. The lowest BCUT2D eigenvalue weighted by Gasteiger charge is -2.24. The van der Waals surface area contributed by atoms with E-state index in [9.17, 15) is 4.79 Å². The van der Waals surface area contributed by atoms with Gasteiger partial charge in [-0.3, -0.25) is 4.79 Å². The van der Waals surface area contributed by atoms with E-state index in [0.29, 0.717) is 12.2 Å². The molecule has 4 aromatic rings. The number of likely N-dealkylation sites (N-methyl/N-ethyl adjacent to an activating group) is 1. The largest absolute Gasteiger partial charge is 0.351 e. The van der Waals surface area contributed by atoms with Gasteiger partial charge in [0.05, 0.1) is 6.04 Å². The maximum atomic E-state index is 12.6. The second-order valence-electron chi connectivity index (χ2n) is 6.65. The minimum atomic E-state index is -0.0763. The number of hydrogen-bond donors (Lipinski definition) is 2. The Balaban J connectivity index is 1.54. The van der Waals surface area contributed by atoms with Crippen molar-refractivity contribution in [3.8, 4) is 0 Å². The third kappa shape index (κ3) is 3.11. The molecule has 2 aromatic carbocycles. The topological polar surface area (TPSA) is 48.1 Å². The Bertz CT molecular complexity index is 1030. The van der Waals surface area contributed by atoms with E-state index in [0.717, 1.165) is 10.9 Å². The van der Waals surface area contributed by atoms with Gasteiger partial charge in [-0.1, -0.05) is 36.4 Å². The number of fused-ring (bicyclic) bond motifs is 2. The van der Waals surface area contributed by atoms with Crippen molar-refractivity contribution >= 4 is 38.2 Å². The van der Waals surface area contributed by atoms with E-state index in [1.807, 2.05) is 44.4 Å². The van der Waals surface area contributed by atoms with Crippen molar-refractivity contribution in [2.45, 2.75) is 6.04 Å². The highest BCUT2D eigenvalue weighted by Gasteiger charge is 2.19. The van der Waals surface area contributed by atoms with Gasteiger partial charge >= 0.3 is 0 Å². The molecular formula is C21H21N3OS. The molecule has 1 amide bonds. The summed E-state index contributed by atoms with van der Waals surface area (Å²) < 4.78 is 1.27. The highest BCUT2D eigenvalue weighted by molar-refractivity contribution is 7.17. The SMILES string of the molecule is CN(C)[C@H](CNC(=O)c1cc2ccccc2[nH]1)c1csc2ccccc12. The van der Waals surface area contributed by atoms with Gasteiger partial charge in [-0.2, -0.15) is 0 Å². The molecule has 5 heteroatoms. The van der Waals surface area contributed by atoms with Gasteiger partial charge in [-0.05, 0) is 48.6 Å². The summed E-state index contributed by atoms with van der Waals surface area (Å²) >= 11 is 1.75. The van der Waals surface area contributed by atoms with E-state index < -0.39 is 0 Å². The van der Waals surface area contributed by atoms with Crippen LogP contribution in [0.15, 0.2) is 60.0 Å². The number of aromatic nitrogens is 1. The summed E-state index contributed by atoms with van der Waals surface area (Å²) in [7, 11) is 4.10. The maximum Gasteiger partial charge on any atom is 0.267 e. The molecule has 0 aliphatic carbocycles. The average molecular weight is 363 g/mol. The van der Waals surface area contributed by atoms with E-state index in [1.165, 1.54) is 15.6 Å². The summed E-state index contributed by atoms with van der Waals surface area (Å²) in [5.74, 6) is -0.0763. The van der Waals surface area contributed by atoms with Crippen LogP contribution < -0.4 is 5.32 Å². The van der Waals surface area contributed by atoms with Crippen molar-refractivity contribution in [1.82, 2.24) is 15.2 Å². The zero-order valence-corrected chi connectivity index (χ0v) is 15.6. The summed E-state index contributed by atoms with van der Waals surface area (Å²) in [5.41, 5.74) is 2.83. The average Bonchev–Trinajstić information content (AvgIpc) is 3.26. The lowest BCUT2D eigenvalue weighted by molar-refractivity contribution is 0.0938. The van der Waals surface area contributed by atoms with Gasteiger partial charge < -0.3 is 15.2 Å². The van der Waals surface area contributed by atoms with Crippen molar-refractivity contribution in [2.75, 3.05) is 20.6 Å². The van der Waals surface area contributed by atoms with Crippen LogP contribution in [0, 0.1) is 0 Å². The van der Waals surface area contributed by atoms with Gasteiger partial charge in [0.25, 0.3) is 5.91 Å². The number of carbonyl (C=O) groups is 1. The van der Waals surface area contributed by atoms with Crippen LogP contribution in [0.25, 0.3) is 21.0 Å². The third-order valence-electron chi connectivity index (χ3n) is 4.72. The highest BCUT2D eigenvalue weighted by atomic mass is 32.1. The van der Waals surface area contributed by atoms with E-state index >= 15 is 0 Å². The highest BCUT2D eigenvalue weighted by Crippen LogP contribution is 2.32. The molecule has 0 aliphatic rings. The molecule has 4 rings (SSSR count). The van der Waals surface area contributed by atoms with Gasteiger partial charge in [0, 0.05) is 22.1 Å². The first-order valence-corrected chi connectivity index (χ1v) is 9.50. The fourth-order valence-corrected chi connectivity index (χ4v) is 4.32. The standard InChI is InChI=1S/C21H21N3OS/c1-24(2)19(16-13-26-20-10-6-4-8-15(16)20)12-22-21(25)18-11-14-7-3-5-9-17(14)23-18/h3-11,13,19,23H,12H2,1-2H3,(H,22,25)/t19-/m1/s1. The first kappa shape index (κ1) is 16.8. The third-order valence-corrected chi connectivity index (χ3v) is 5.71. The van der Waals surface area contributed by atoms with Gasteiger partial charge in [0.1, 0.15) is 5.69 Å². The van der Waals surface area contributed by atoms with Crippen molar-refractivity contribution in [1.29, 1.82) is 0 Å². The van der Waals surface area contributed by atoms with Crippen LogP contribution in [0.3, 0.4) is 0 Å². The zero-order valence-electron chi connectivity index (χ0n) is 14.8. The number of nitrogens with one attached hydrogen (secondary N) is 2. The lowest BCUT2D eigenvalue weighted by atomic mass is 10.0. The Morgan fingerprint density at radius 2 is 1.92 bits per heavy atom. The second kappa shape index (κ2) is 6.94. The molecule has 0 saturated heterocycles. The van der Waals surface area contributed by atoms with Gasteiger partial charge in [0.2, 0.25) is 0 Å². The first-order chi connectivity index (χ1) is 12.6. The van der Waals surface area contributed by atoms with E-state index in [2.05, 4.69) is 44.8 Å². The molecule has 132 valence electrons. The minimum absolute atomic E-state index is 0.0763. The number of H-pyrrole nitrogens is 1. The van der Waals surface area contributed by atoms with Crippen molar-refractivity contribution in [3.63, 3.8) is 0 Å². The molecule has 0 fully saturated rings. The van der Waals surface area contributed by atoms with Crippen LogP contribution in [0.2, 0.25) is 0 Å². The summed E-state index contributed by atoms with van der Waals surface area (Å²) in [5, 5.41) is 7.59. The van der Waals surface area contributed by atoms with Gasteiger partial charge in [-0.25, -0.2) is 0 Å². The number of aromatic amines is 1. The Labute approximate surface area is 156 Å². The zero-order chi connectivity index (χ0) is 18.1. The number of nitrogens with zero attached hydrogens (tertiary/aromatic N) is 1. The fourth-order valence-electron chi connectivity index (χ4n) is 3.31. The van der Waals surface area contributed by atoms with Gasteiger partial charge in [-0.15, -0.1) is 11.3 Å². The van der Waals surface area contributed by atoms with Crippen LogP contribution in [0.4, 0.5) is 0 Å². The molecule has 0 spiro atoms. The van der Waals surface area contributed by atoms with E-state index in [4.69, 9.17) is 0 Å². The second-order valence-corrected chi connectivity index (χ2v) is 7.56. The maximum absolute atomic E-state index is 12.6. The van der Waals surface area contributed by atoms with Crippen LogP contribution in [-0.2, 0) is 0 Å². The predicted molar refractivity (Wildman–Crippen MR) is 109 cm³/mol. The molecule has 4 nitrogen and oxygen atoms in total. The van der Waals surface area contributed by atoms with Crippen molar-refractivity contribution in [2.24, 2.45) is 0 Å². The fraction of sp³-hybridized carbons (Fsp3) is 0.190. The number of hydrogen-bond acceptors (Lipinski definition) is 3. The molecule has 0 aliphatic heterocycles. The van der Waals surface area contributed by atoms with Gasteiger partial charge in [0.15, 0.2) is 0 Å². The Kier molecular flexibility index (Phi) is 4.49. The first-order valence-electron chi connectivity index (χ1n) is 8.62. The van der Waals surface area contributed by atoms with E-state index in [1.54, 1.807) is 11.3 Å². The Morgan fingerprint density at radius 1 is 1.15 bits per heavy atom. The molecule has 1 atom stereocenters. The lowest BCUT2D eigenvalue weighted by Crippen LogP contribution is -2.34. The van der Waals surface area contributed by atoms with Crippen LogP contribution in [0.1, 0.15) is 22.1 Å². The number of rotatable bonds is 5. The predicted octanol–water partition coefficient (Wildman–Crippen LogP) is 4.42. The number of benzene rings is 2. The molecule has 0 bridgehead atoms. The number of thiophene rings is 1. The van der Waals surface area contributed by atoms with Crippen molar-refractivity contribution < 1.29 is 4.79 Å². The Hall–Kier alpha value is -2.63. The van der Waals surface area contributed by atoms with Crippen molar-refractivity contribution in [3.05, 3.63) is 71.2 Å². The van der Waals surface area contributed by atoms with Crippen LogP contribution in [0.5, 0.6) is 0 Å². The summed E-state index contributed by atoms with van der Waals surface area (Å²) in [6.07, 6.45) is 0. The summed E-state index contributed by atoms with van der Waals surface area (Å²) in [4.78, 5) is 18.0. The minimum Gasteiger partial charge on any atom is -0.351 e. The summed E-state index contributed by atoms with van der Waals surface area (Å²) in [6, 6.07) is 18.4. The number of amides is 1. The molecule has 26 heavy (non-hydrogen) atoms. The smallest absolute Gasteiger partial charge is 0.267 e. The monoisotopic (exact) mass is 363 g/mol. The molecule has 0 unspecified atom stereocenters. The Morgan fingerprint density at radius 3 is 2.73 bits per heavy atom. The molecule has 0 saturated carbocycles. The van der Waals surface area contributed by atoms with E-state index in [-0.39, 0.29) is 11.9 Å². The number of carbonyl (C=O) groups excluding carboxylic acids is 1. The molecule has 2 aromatic heterocycles. The molecule has 2 N–H and O–H groups in total. The van der Waals surface area contributed by atoms with Crippen LogP contribution >= 0.6 is 11.3 Å². The molecular weight excluding hydrogens is 342 g/mol. The normalized spacial score (nSPS) is 12.7. The summed E-state index contributed by atoms with van der Waals surface area (Å²) in [6.45, 7) is 0.557. The molecule has 2 heterocycles.